The zero-order chi connectivity index (χ0) is 11.4. The number of hydrogen-bond acceptors (Lipinski definition) is 3. The maximum Gasteiger partial charge on any atom is 0.336 e. The molecule has 5 nitrogen and oxygen atoms in total. The monoisotopic (exact) mass is 273 g/mol. The van der Waals surface area contributed by atoms with Gasteiger partial charge in [-0.25, -0.2) is 4.79 Å². The van der Waals surface area contributed by atoms with Crippen molar-refractivity contribution in [3.63, 3.8) is 0 Å². The van der Waals surface area contributed by atoms with E-state index in [2.05, 4.69) is 15.9 Å². The molecule has 0 fully saturated rings. The van der Waals surface area contributed by atoms with Crippen molar-refractivity contribution in [1.82, 2.24) is 0 Å². The molecule has 0 unspecified atom stereocenters. The molecule has 0 aliphatic heterocycles. The van der Waals surface area contributed by atoms with Gasteiger partial charge in [0, 0.05) is 17.0 Å². The lowest BCUT2D eigenvalue weighted by Gasteiger charge is -2.04. The minimum atomic E-state index is -1.14. The van der Waals surface area contributed by atoms with Gasteiger partial charge in [-0.1, -0.05) is 22.0 Å². The second-order valence-corrected chi connectivity index (χ2v) is 3.60. The molecule has 0 aliphatic carbocycles. The molecule has 1 aromatic carbocycles. The number of carboxylic acid groups (broad SMARTS) is 1. The van der Waals surface area contributed by atoms with Gasteiger partial charge in [0.25, 0.3) is 5.69 Å². The van der Waals surface area contributed by atoms with Crippen molar-refractivity contribution in [2.75, 3.05) is 5.33 Å². The first-order valence-corrected chi connectivity index (χ1v) is 5.25. The van der Waals surface area contributed by atoms with Gasteiger partial charge in [-0.15, -0.1) is 0 Å². The maximum atomic E-state index is 10.8. The standard InChI is InChI=1S/C9H8BrNO4/c10-5-4-6-7(9(12)13)2-1-3-8(6)11(14)15/h1-3H,4-5H2,(H,12,13). The molecule has 0 spiro atoms. The minimum absolute atomic E-state index is 0.0105. The third kappa shape index (κ3) is 2.53. The molecule has 1 N–H and O–H groups in total. The fourth-order valence-corrected chi connectivity index (χ4v) is 1.70. The first-order valence-electron chi connectivity index (χ1n) is 4.13. The molecule has 6 heteroatoms. The summed E-state index contributed by atoms with van der Waals surface area (Å²) in [6, 6.07) is 4.05. The summed E-state index contributed by atoms with van der Waals surface area (Å²) in [5, 5.41) is 20.0. The summed E-state index contributed by atoms with van der Waals surface area (Å²) in [5.41, 5.74) is 0.102. The Morgan fingerprint density at radius 2 is 2.20 bits per heavy atom. The van der Waals surface area contributed by atoms with E-state index in [4.69, 9.17) is 5.11 Å². The number of rotatable bonds is 4. The SMILES string of the molecule is O=C(O)c1cccc([N+](=O)[O-])c1CCBr. The van der Waals surface area contributed by atoms with E-state index in [9.17, 15) is 14.9 Å². The number of benzene rings is 1. The van der Waals surface area contributed by atoms with Crippen LogP contribution in [-0.4, -0.2) is 21.3 Å². The highest BCUT2D eigenvalue weighted by Crippen LogP contribution is 2.23. The number of nitrogens with zero attached hydrogens (tertiary/aromatic N) is 1. The Morgan fingerprint density at radius 3 is 2.67 bits per heavy atom. The molecular formula is C9H8BrNO4. The second kappa shape index (κ2) is 4.88. The van der Waals surface area contributed by atoms with E-state index < -0.39 is 10.9 Å². The van der Waals surface area contributed by atoms with E-state index in [-0.39, 0.29) is 16.8 Å². The van der Waals surface area contributed by atoms with Crippen LogP contribution in [0.3, 0.4) is 0 Å². The minimum Gasteiger partial charge on any atom is -0.478 e. The van der Waals surface area contributed by atoms with Crippen LogP contribution < -0.4 is 0 Å². The molecule has 0 aliphatic rings. The highest BCUT2D eigenvalue weighted by Gasteiger charge is 2.19. The van der Waals surface area contributed by atoms with E-state index in [1.54, 1.807) is 0 Å². The highest BCUT2D eigenvalue weighted by molar-refractivity contribution is 9.09. The maximum absolute atomic E-state index is 10.8. The predicted octanol–water partition coefficient (Wildman–Crippen LogP) is 2.23. The highest BCUT2D eigenvalue weighted by atomic mass is 79.9. The normalized spacial score (nSPS) is 9.93. The van der Waals surface area contributed by atoms with Crippen molar-refractivity contribution >= 4 is 27.6 Å². The van der Waals surface area contributed by atoms with Gasteiger partial charge in [-0.3, -0.25) is 10.1 Å². The van der Waals surface area contributed by atoms with Crippen molar-refractivity contribution in [1.29, 1.82) is 0 Å². The van der Waals surface area contributed by atoms with Gasteiger partial charge in [0.05, 0.1) is 10.5 Å². The van der Waals surface area contributed by atoms with Gasteiger partial charge < -0.3 is 5.11 Å². The number of nitro groups is 1. The van der Waals surface area contributed by atoms with Crippen LogP contribution in [0.5, 0.6) is 0 Å². The number of halogens is 1. The number of nitro benzene ring substituents is 1. The van der Waals surface area contributed by atoms with E-state index in [0.29, 0.717) is 11.8 Å². The molecule has 1 rings (SSSR count). The lowest BCUT2D eigenvalue weighted by atomic mass is 10.0. The van der Waals surface area contributed by atoms with Crippen LogP contribution in [0, 0.1) is 10.1 Å². The number of hydrogen-bond donors (Lipinski definition) is 1. The van der Waals surface area contributed by atoms with Crippen LogP contribution in [0.4, 0.5) is 5.69 Å². The van der Waals surface area contributed by atoms with E-state index in [1.165, 1.54) is 18.2 Å². The molecule has 0 saturated carbocycles. The second-order valence-electron chi connectivity index (χ2n) is 2.80. The smallest absolute Gasteiger partial charge is 0.336 e. The quantitative estimate of drug-likeness (QED) is 0.518. The lowest BCUT2D eigenvalue weighted by molar-refractivity contribution is -0.385. The van der Waals surface area contributed by atoms with Gasteiger partial charge in [-0.2, -0.15) is 0 Å². The average Bonchev–Trinajstić information content (AvgIpc) is 2.17. The fourth-order valence-electron chi connectivity index (χ4n) is 1.30. The van der Waals surface area contributed by atoms with Gasteiger partial charge in [-0.05, 0) is 12.5 Å². The Morgan fingerprint density at radius 1 is 1.53 bits per heavy atom. The van der Waals surface area contributed by atoms with E-state index >= 15 is 0 Å². The zero-order valence-electron chi connectivity index (χ0n) is 7.64. The molecule has 0 radical (unpaired) electrons. The Labute approximate surface area is 94.0 Å². The van der Waals surface area contributed by atoms with E-state index in [1.807, 2.05) is 0 Å². The summed E-state index contributed by atoms with van der Waals surface area (Å²) >= 11 is 3.14. The average molecular weight is 274 g/mol. The van der Waals surface area contributed by atoms with Gasteiger partial charge >= 0.3 is 5.97 Å². The molecule has 0 bridgehead atoms. The number of carbonyl (C=O) groups is 1. The largest absolute Gasteiger partial charge is 0.478 e. The Hall–Kier alpha value is -1.43. The van der Waals surface area contributed by atoms with E-state index in [0.717, 1.165) is 0 Å². The summed E-state index contributed by atoms with van der Waals surface area (Å²) in [5.74, 6) is -1.14. The third-order valence-corrected chi connectivity index (χ3v) is 2.32. The first kappa shape index (κ1) is 11.6. The van der Waals surface area contributed by atoms with Gasteiger partial charge in [0.15, 0.2) is 0 Å². The van der Waals surface area contributed by atoms with Gasteiger partial charge in [0.1, 0.15) is 0 Å². The summed E-state index contributed by atoms with van der Waals surface area (Å²) in [6.07, 6.45) is 0.318. The molecule has 0 amide bonds. The van der Waals surface area contributed by atoms with Crippen LogP contribution in [0.2, 0.25) is 0 Å². The summed E-state index contributed by atoms with van der Waals surface area (Å²) in [7, 11) is 0. The van der Waals surface area contributed by atoms with Crippen molar-refractivity contribution < 1.29 is 14.8 Å². The number of alkyl halides is 1. The Bertz CT molecular complexity index is 373. The van der Waals surface area contributed by atoms with Crippen molar-refractivity contribution in [2.24, 2.45) is 0 Å². The zero-order valence-corrected chi connectivity index (χ0v) is 9.23. The summed E-state index contributed by atoms with van der Waals surface area (Å²) in [6.45, 7) is 0. The summed E-state index contributed by atoms with van der Waals surface area (Å²) < 4.78 is 0. The van der Waals surface area contributed by atoms with Crippen LogP contribution in [0.1, 0.15) is 15.9 Å². The molecule has 1 aromatic rings. The van der Waals surface area contributed by atoms with Crippen LogP contribution in [0.15, 0.2) is 18.2 Å². The molecule has 15 heavy (non-hydrogen) atoms. The van der Waals surface area contributed by atoms with Crippen molar-refractivity contribution in [3.8, 4) is 0 Å². The van der Waals surface area contributed by atoms with Crippen molar-refractivity contribution in [3.05, 3.63) is 39.4 Å². The first-order chi connectivity index (χ1) is 7.07. The Kier molecular flexibility index (Phi) is 3.79. The predicted molar refractivity (Wildman–Crippen MR) is 57.6 cm³/mol. The molecule has 0 heterocycles. The third-order valence-electron chi connectivity index (χ3n) is 1.92. The fraction of sp³-hybridized carbons (Fsp3) is 0.222. The number of carboxylic acids is 1. The Balaban J connectivity index is 3.34. The molecule has 0 atom stereocenters. The van der Waals surface area contributed by atoms with Crippen LogP contribution >= 0.6 is 15.9 Å². The summed E-state index contributed by atoms with van der Waals surface area (Å²) in [4.78, 5) is 20.9. The molecule has 0 saturated heterocycles. The number of aromatic carboxylic acids is 1. The molecule has 0 aromatic heterocycles. The molecular weight excluding hydrogens is 266 g/mol. The lowest BCUT2D eigenvalue weighted by Crippen LogP contribution is -2.06. The topological polar surface area (TPSA) is 80.4 Å². The van der Waals surface area contributed by atoms with Crippen LogP contribution in [-0.2, 0) is 6.42 Å². The van der Waals surface area contributed by atoms with Crippen LogP contribution in [0.25, 0.3) is 0 Å². The molecule has 80 valence electrons. The van der Waals surface area contributed by atoms with Crippen molar-refractivity contribution in [2.45, 2.75) is 6.42 Å². The van der Waals surface area contributed by atoms with Gasteiger partial charge in [0.2, 0.25) is 0 Å².